The summed E-state index contributed by atoms with van der Waals surface area (Å²) >= 11 is 0. The standard InChI is InChI=1S/C12H13N5O3S/c1-9(12-13-16-17-14-12)15-21(19,20)11-7-3-2-5-10(11)6-4-8-18/h2-3,5,7,9,15,18H,8H2,1H3,(H,13,14,16,17). The number of tetrazole rings is 1. The molecule has 1 atom stereocenters. The number of hydrogen-bond acceptors (Lipinski definition) is 6. The summed E-state index contributed by atoms with van der Waals surface area (Å²) in [5.74, 6) is 5.27. The van der Waals surface area contributed by atoms with E-state index in [2.05, 4.69) is 37.2 Å². The number of nitrogens with one attached hydrogen (secondary N) is 2. The Bertz CT molecular complexity index is 762. The summed E-state index contributed by atoms with van der Waals surface area (Å²) in [5.41, 5.74) is 0.305. The van der Waals surface area contributed by atoms with Gasteiger partial charge in [0, 0.05) is 5.56 Å². The van der Waals surface area contributed by atoms with Crippen molar-refractivity contribution in [1.29, 1.82) is 0 Å². The van der Waals surface area contributed by atoms with E-state index in [1.807, 2.05) is 0 Å². The molecule has 9 heteroatoms. The molecule has 1 aromatic heterocycles. The van der Waals surface area contributed by atoms with Gasteiger partial charge in [-0.3, -0.25) is 0 Å². The number of benzene rings is 1. The molecule has 1 unspecified atom stereocenters. The second-order valence-electron chi connectivity index (χ2n) is 4.07. The Labute approximate surface area is 121 Å². The normalized spacial score (nSPS) is 12.5. The zero-order valence-corrected chi connectivity index (χ0v) is 11.9. The maximum absolute atomic E-state index is 12.4. The fourth-order valence-corrected chi connectivity index (χ4v) is 3.01. The van der Waals surface area contributed by atoms with Crippen LogP contribution in [0.25, 0.3) is 0 Å². The molecule has 0 saturated carbocycles. The lowest BCUT2D eigenvalue weighted by Gasteiger charge is -2.12. The quantitative estimate of drug-likeness (QED) is 0.660. The molecule has 0 radical (unpaired) electrons. The van der Waals surface area contributed by atoms with Crippen molar-refractivity contribution in [2.75, 3.05) is 6.61 Å². The van der Waals surface area contributed by atoms with Gasteiger partial charge in [0.25, 0.3) is 0 Å². The minimum atomic E-state index is -3.80. The van der Waals surface area contributed by atoms with Crippen LogP contribution >= 0.6 is 0 Å². The van der Waals surface area contributed by atoms with Crippen molar-refractivity contribution in [3.63, 3.8) is 0 Å². The summed E-state index contributed by atoms with van der Waals surface area (Å²) in [6.45, 7) is 1.26. The predicted octanol–water partition coefficient (Wildman–Crippen LogP) is -0.417. The van der Waals surface area contributed by atoms with Gasteiger partial charge in [0.15, 0.2) is 5.82 Å². The summed E-state index contributed by atoms with van der Waals surface area (Å²) in [4.78, 5) is 0.0290. The first kappa shape index (κ1) is 15.1. The molecule has 1 heterocycles. The number of aromatic nitrogens is 4. The van der Waals surface area contributed by atoms with E-state index in [1.165, 1.54) is 6.07 Å². The van der Waals surface area contributed by atoms with Crippen LogP contribution < -0.4 is 4.72 Å². The van der Waals surface area contributed by atoms with E-state index in [1.54, 1.807) is 25.1 Å². The zero-order valence-electron chi connectivity index (χ0n) is 11.1. The van der Waals surface area contributed by atoms with Gasteiger partial charge < -0.3 is 5.11 Å². The molecule has 0 aliphatic carbocycles. The monoisotopic (exact) mass is 307 g/mol. The first-order valence-corrected chi connectivity index (χ1v) is 7.47. The number of rotatable bonds is 4. The number of nitrogens with zero attached hydrogens (tertiary/aromatic N) is 3. The molecular formula is C12H13N5O3S. The molecular weight excluding hydrogens is 294 g/mol. The van der Waals surface area contributed by atoms with Crippen LogP contribution in [-0.4, -0.2) is 40.8 Å². The van der Waals surface area contributed by atoms with Crippen LogP contribution in [0.2, 0.25) is 0 Å². The Balaban J connectivity index is 2.32. The van der Waals surface area contributed by atoms with Crippen molar-refractivity contribution in [3.8, 4) is 11.8 Å². The SMILES string of the molecule is CC(NS(=O)(=O)c1ccccc1C#CCO)c1nn[nH]n1. The van der Waals surface area contributed by atoms with Crippen LogP contribution in [0.3, 0.4) is 0 Å². The summed E-state index contributed by atoms with van der Waals surface area (Å²) < 4.78 is 27.2. The Morgan fingerprint density at radius 3 is 2.86 bits per heavy atom. The van der Waals surface area contributed by atoms with E-state index in [0.29, 0.717) is 5.56 Å². The summed E-state index contributed by atoms with van der Waals surface area (Å²) in [6, 6.07) is 5.62. The second-order valence-corrected chi connectivity index (χ2v) is 5.75. The maximum Gasteiger partial charge on any atom is 0.242 e. The fraction of sp³-hybridized carbons (Fsp3) is 0.250. The molecule has 0 aliphatic heterocycles. The van der Waals surface area contributed by atoms with Gasteiger partial charge in [-0.25, -0.2) is 13.1 Å². The molecule has 0 saturated heterocycles. The number of aromatic amines is 1. The van der Waals surface area contributed by atoms with Crippen LogP contribution in [0.4, 0.5) is 0 Å². The molecule has 0 spiro atoms. The lowest BCUT2D eigenvalue weighted by molar-refractivity contribution is 0.350. The van der Waals surface area contributed by atoms with Crippen molar-refractivity contribution < 1.29 is 13.5 Å². The third-order valence-electron chi connectivity index (χ3n) is 2.56. The Morgan fingerprint density at radius 1 is 1.43 bits per heavy atom. The summed E-state index contributed by atoms with van der Waals surface area (Å²) in [6.07, 6.45) is 0. The van der Waals surface area contributed by atoms with Crippen LogP contribution in [0, 0.1) is 11.8 Å². The molecule has 110 valence electrons. The van der Waals surface area contributed by atoms with E-state index in [9.17, 15) is 8.42 Å². The van der Waals surface area contributed by atoms with Crippen molar-refractivity contribution in [3.05, 3.63) is 35.7 Å². The van der Waals surface area contributed by atoms with Gasteiger partial charge in [0.1, 0.15) is 6.61 Å². The highest BCUT2D eigenvalue weighted by Gasteiger charge is 2.22. The van der Waals surface area contributed by atoms with Gasteiger partial charge in [-0.2, -0.15) is 5.21 Å². The van der Waals surface area contributed by atoms with E-state index >= 15 is 0 Å². The zero-order chi connectivity index (χ0) is 15.3. The molecule has 2 aromatic rings. The van der Waals surface area contributed by atoms with Gasteiger partial charge in [-0.1, -0.05) is 29.2 Å². The summed E-state index contributed by atoms with van der Waals surface area (Å²) in [7, 11) is -3.80. The molecule has 0 aliphatic rings. The summed E-state index contributed by atoms with van der Waals surface area (Å²) in [5, 5.41) is 21.8. The van der Waals surface area contributed by atoms with Crippen LogP contribution in [0.5, 0.6) is 0 Å². The third-order valence-corrected chi connectivity index (χ3v) is 4.16. The van der Waals surface area contributed by atoms with Crippen molar-refractivity contribution in [2.24, 2.45) is 0 Å². The van der Waals surface area contributed by atoms with Gasteiger partial charge >= 0.3 is 0 Å². The van der Waals surface area contributed by atoms with Crippen molar-refractivity contribution in [2.45, 2.75) is 17.9 Å². The van der Waals surface area contributed by atoms with E-state index < -0.39 is 16.1 Å². The molecule has 3 N–H and O–H groups in total. The first-order chi connectivity index (χ1) is 10.0. The minimum Gasteiger partial charge on any atom is -0.384 e. The molecule has 0 bridgehead atoms. The minimum absolute atomic E-state index is 0.0290. The lowest BCUT2D eigenvalue weighted by Crippen LogP contribution is -2.28. The average Bonchev–Trinajstić information content (AvgIpc) is 2.99. The van der Waals surface area contributed by atoms with Crippen molar-refractivity contribution >= 4 is 10.0 Å². The van der Waals surface area contributed by atoms with E-state index in [4.69, 9.17) is 5.11 Å². The fourth-order valence-electron chi connectivity index (χ4n) is 1.64. The molecule has 21 heavy (non-hydrogen) atoms. The number of sulfonamides is 1. The van der Waals surface area contributed by atoms with Gasteiger partial charge in [0.05, 0.1) is 10.9 Å². The average molecular weight is 307 g/mol. The van der Waals surface area contributed by atoms with E-state index in [-0.39, 0.29) is 17.3 Å². The van der Waals surface area contributed by atoms with Crippen molar-refractivity contribution in [1.82, 2.24) is 25.3 Å². The maximum atomic E-state index is 12.4. The molecule has 1 aromatic carbocycles. The topological polar surface area (TPSA) is 121 Å². The Kier molecular flexibility index (Phi) is 4.64. The smallest absolute Gasteiger partial charge is 0.242 e. The number of aliphatic hydroxyl groups excluding tert-OH is 1. The molecule has 8 nitrogen and oxygen atoms in total. The van der Waals surface area contributed by atoms with Gasteiger partial charge in [0.2, 0.25) is 10.0 Å². The predicted molar refractivity (Wildman–Crippen MR) is 73.3 cm³/mol. The second kappa shape index (κ2) is 6.45. The number of hydrogen-bond donors (Lipinski definition) is 3. The number of aliphatic hydroxyl groups is 1. The molecule has 0 fully saturated rings. The largest absolute Gasteiger partial charge is 0.384 e. The first-order valence-electron chi connectivity index (χ1n) is 5.99. The third kappa shape index (κ3) is 3.63. The number of H-pyrrole nitrogens is 1. The molecule has 0 amide bonds. The molecule has 2 rings (SSSR count). The lowest BCUT2D eigenvalue weighted by atomic mass is 10.2. The van der Waals surface area contributed by atoms with Crippen LogP contribution in [0.1, 0.15) is 24.4 Å². The Hall–Kier alpha value is -2.28. The van der Waals surface area contributed by atoms with Crippen LogP contribution in [0.15, 0.2) is 29.2 Å². The highest BCUT2D eigenvalue weighted by molar-refractivity contribution is 7.89. The Morgan fingerprint density at radius 2 is 2.19 bits per heavy atom. The highest BCUT2D eigenvalue weighted by Crippen LogP contribution is 2.17. The van der Waals surface area contributed by atoms with Gasteiger partial charge in [-0.15, -0.1) is 10.2 Å². The van der Waals surface area contributed by atoms with Crippen LogP contribution in [-0.2, 0) is 10.0 Å². The van der Waals surface area contributed by atoms with Gasteiger partial charge in [-0.05, 0) is 19.1 Å². The van der Waals surface area contributed by atoms with E-state index in [0.717, 1.165) is 0 Å². The highest BCUT2D eigenvalue weighted by atomic mass is 32.2.